The number of hydrogen-bond acceptors (Lipinski definition) is 2. The minimum absolute atomic E-state index is 0.0119. The van der Waals surface area contributed by atoms with Crippen LogP contribution in [0, 0.1) is 11.8 Å². The number of allylic oxidation sites excluding steroid dienone is 3. The van der Waals surface area contributed by atoms with Gasteiger partial charge in [0.1, 0.15) is 12.8 Å². The highest BCUT2D eigenvalue weighted by atomic mass is 19.4. The number of rotatable bonds is 10. The third-order valence-corrected chi connectivity index (χ3v) is 10.3. The first-order valence-electron chi connectivity index (χ1n) is 19.2. The van der Waals surface area contributed by atoms with E-state index in [1.807, 2.05) is 0 Å². The highest BCUT2D eigenvalue weighted by Gasteiger charge is 2.45. The van der Waals surface area contributed by atoms with Crippen LogP contribution < -0.4 is 0 Å². The predicted molar refractivity (Wildman–Crippen MR) is 211 cm³/mol. The molecule has 0 aliphatic heterocycles. The standard InChI is InChI=1S/C46H39F12N2O2/c1-24(2)16-35(59(5)31-20-27(43(47,48)49)18-28(21-31)44(50,51)52)37(26-12-8-7-9-13-26)39-41(61)40(42(39)62-6)38-33-14-10-11-15-34(33)60(36(38)17-25(3)4)32-22-29(45(53,54)55)19-30(23-32)46(56,57)58/h7-15,18-25H,16-17H2,1-6H3/q+1. The SMILES string of the molecule is COC1=C(c2c(CC(C)C)n(-c3cc(C(F)(F)F)cc(C(F)(F)F)c3)c3ccccc23)C(=O)/C1=C(\C(CC(C)C)=[N+](C)c1cc(C(F)(F)F)cc(C(F)(F)F)c1)c1ccccc1. The molecule has 0 radical (unpaired) electrons. The van der Waals surface area contributed by atoms with Gasteiger partial charge in [0.2, 0.25) is 11.5 Å². The maximum atomic E-state index is 15.0. The lowest BCUT2D eigenvalue weighted by Crippen LogP contribution is -2.29. The molecule has 16 heteroatoms. The number of para-hydroxylation sites is 1. The molecule has 0 bridgehead atoms. The summed E-state index contributed by atoms with van der Waals surface area (Å²) in [6.07, 6.45) is -20.6. The fourth-order valence-electron chi connectivity index (χ4n) is 7.71. The second-order valence-electron chi connectivity index (χ2n) is 15.8. The van der Waals surface area contributed by atoms with Crippen molar-refractivity contribution in [1.29, 1.82) is 0 Å². The molecular formula is C46H39F12N2O2+. The van der Waals surface area contributed by atoms with E-state index >= 15 is 4.79 Å². The number of Topliss-reactive ketones (excluding diaryl/α,β-unsaturated/α-hetero) is 1. The number of fused-ring (bicyclic) bond motifs is 1. The number of nitrogens with zero attached hydrogens (tertiary/aromatic N) is 2. The van der Waals surface area contributed by atoms with Gasteiger partial charge in [-0.05, 0) is 54.2 Å². The Bertz CT molecular complexity index is 2570. The Hall–Kier alpha value is -5.80. The molecule has 0 amide bonds. The molecule has 0 atom stereocenters. The van der Waals surface area contributed by atoms with Crippen molar-refractivity contribution in [2.45, 2.75) is 65.2 Å². The van der Waals surface area contributed by atoms with Gasteiger partial charge in [0, 0.05) is 40.9 Å². The molecule has 328 valence electrons. The lowest BCUT2D eigenvalue weighted by Gasteiger charge is -2.29. The maximum absolute atomic E-state index is 15.0. The lowest BCUT2D eigenvalue weighted by atomic mass is 9.76. The van der Waals surface area contributed by atoms with Crippen molar-refractivity contribution >= 4 is 39.2 Å². The fraction of sp³-hybridized carbons (Fsp3) is 0.304. The zero-order valence-corrected chi connectivity index (χ0v) is 34.0. The molecule has 0 saturated carbocycles. The van der Waals surface area contributed by atoms with Crippen LogP contribution in [-0.2, 0) is 40.7 Å². The maximum Gasteiger partial charge on any atom is 0.416 e. The Morgan fingerprint density at radius 2 is 1.15 bits per heavy atom. The van der Waals surface area contributed by atoms with Crippen molar-refractivity contribution in [2.24, 2.45) is 11.8 Å². The van der Waals surface area contributed by atoms with Crippen LogP contribution in [0.4, 0.5) is 58.4 Å². The predicted octanol–water partition coefficient (Wildman–Crippen LogP) is 13.8. The van der Waals surface area contributed by atoms with Crippen LogP contribution in [0.3, 0.4) is 0 Å². The zero-order valence-electron chi connectivity index (χ0n) is 34.0. The van der Waals surface area contributed by atoms with Gasteiger partial charge in [0.25, 0.3) is 0 Å². The van der Waals surface area contributed by atoms with Crippen LogP contribution in [-0.4, -0.2) is 34.8 Å². The van der Waals surface area contributed by atoms with Crippen LogP contribution >= 0.6 is 0 Å². The molecule has 4 nitrogen and oxygen atoms in total. The van der Waals surface area contributed by atoms with E-state index in [9.17, 15) is 52.7 Å². The summed E-state index contributed by atoms with van der Waals surface area (Å²) in [5.74, 6) is -1.30. The van der Waals surface area contributed by atoms with Crippen molar-refractivity contribution in [3.05, 3.63) is 141 Å². The first kappa shape index (κ1) is 45.7. The van der Waals surface area contributed by atoms with Crippen LogP contribution in [0.1, 0.15) is 73.2 Å². The van der Waals surface area contributed by atoms with Crippen molar-refractivity contribution in [3.63, 3.8) is 0 Å². The molecule has 1 aliphatic carbocycles. The number of halogens is 12. The Kier molecular flexibility index (Phi) is 12.2. The van der Waals surface area contributed by atoms with E-state index in [0.29, 0.717) is 35.2 Å². The quantitative estimate of drug-likeness (QED) is 0.0606. The van der Waals surface area contributed by atoms with Gasteiger partial charge in [-0.15, -0.1) is 0 Å². The molecule has 4 aromatic carbocycles. The Balaban J connectivity index is 1.74. The largest absolute Gasteiger partial charge is 0.495 e. The van der Waals surface area contributed by atoms with E-state index < -0.39 is 64.1 Å². The summed E-state index contributed by atoms with van der Waals surface area (Å²) in [6, 6.07) is 16.7. The molecule has 62 heavy (non-hydrogen) atoms. The Morgan fingerprint density at radius 3 is 1.61 bits per heavy atom. The summed E-state index contributed by atoms with van der Waals surface area (Å²) in [7, 11) is 2.53. The number of hydrogen-bond donors (Lipinski definition) is 0. The van der Waals surface area contributed by atoms with Gasteiger partial charge < -0.3 is 9.30 Å². The van der Waals surface area contributed by atoms with Crippen LogP contribution in [0.2, 0.25) is 0 Å². The third kappa shape index (κ3) is 8.91. The first-order valence-corrected chi connectivity index (χ1v) is 19.2. The fourth-order valence-corrected chi connectivity index (χ4v) is 7.71. The van der Waals surface area contributed by atoms with Crippen molar-refractivity contribution in [2.75, 3.05) is 14.2 Å². The van der Waals surface area contributed by atoms with Gasteiger partial charge in [-0.3, -0.25) is 4.79 Å². The van der Waals surface area contributed by atoms with E-state index in [1.54, 1.807) is 70.2 Å². The topological polar surface area (TPSA) is 34.2 Å². The monoisotopic (exact) mass is 879 g/mol. The number of ketones is 1. The van der Waals surface area contributed by atoms with Gasteiger partial charge in [0.15, 0.2) is 5.71 Å². The number of carbonyl (C=O) groups is 1. The van der Waals surface area contributed by atoms with E-state index in [4.69, 9.17) is 4.74 Å². The van der Waals surface area contributed by atoms with E-state index in [-0.39, 0.29) is 81.8 Å². The van der Waals surface area contributed by atoms with Crippen molar-refractivity contribution in [1.82, 2.24) is 4.57 Å². The van der Waals surface area contributed by atoms with E-state index in [0.717, 1.165) is 0 Å². The van der Waals surface area contributed by atoms with Crippen LogP contribution in [0.25, 0.3) is 27.7 Å². The third-order valence-electron chi connectivity index (χ3n) is 10.3. The molecule has 6 rings (SSSR count). The Morgan fingerprint density at radius 1 is 0.661 bits per heavy atom. The minimum Gasteiger partial charge on any atom is -0.495 e. The summed E-state index contributed by atoms with van der Waals surface area (Å²) >= 11 is 0. The summed E-state index contributed by atoms with van der Waals surface area (Å²) < 4.78 is 178. The molecule has 0 N–H and O–H groups in total. The number of benzene rings is 4. The highest BCUT2D eigenvalue weighted by Crippen LogP contribution is 2.49. The molecule has 1 aromatic heterocycles. The zero-order chi connectivity index (χ0) is 45.9. The summed E-state index contributed by atoms with van der Waals surface area (Å²) in [5.41, 5.74) is -6.14. The number of alkyl halides is 12. The minimum atomic E-state index is -5.16. The average molecular weight is 880 g/mol. The normalized spacial score (nSPS) is 15.5. The van der Waals surface area contributed by atoms with Gasteiger partial charge in [-0.1, -0.05) is 76.2 Å². The molecule has 1 heterocycles. The summed E-state index contributed by atoms with van der Waals surface area (Å²) in [4.78, 5) is 15.0. The molecule has 0 fully saturated rings. The van der Waals surface area contributed by atoms with Gasteiger partial charge >= 0.3 is 24.7 Å². The number of aromatic nitrogens is 1. The van der Waals surface area contributed by atoms with Gasteiger partial charge in [0.05, 0.1) is 51.6 Å². The van der Waals surface area contributed by atoms with E-state index in [2.05, 4.69) is 0 Å². The number of ether oxygens (including phenoxy) is 1. The molecule has 1 aliphatic rings. The van der Waals surface area contributed by atoms with Crippen LogP contribution in [0.5, 0.6) is 0 Å². The van der Waals surface area contributed by atoms with Crippen molar-refractivity contribution in [3.8, 4) is 5.69 Å². The second kappa shape index (κ2) is 16.5. The lowest BCUT2D eigenvalue weighted by molar-refractivity contribution is -0.405. The summed E-state index contributed by atoms with van der Waals surface area (Å²) in [6.45, 7) is 7.07. The molecular weight excluding hydrogens is 840 g/mol. The number of carbonyl (C=O) groups excluding carboxylic acids is 1. The Labute approximate surface area is 348 Å². The molecule has 0 saturated heterocycles. The van der Waals surface area contributed by atoms with Gasteiger partial charge in [-0.2, -0.15) is 57.3 Å². The molecule has 0 spiro atoms. The smallest absolute Gasteiger partial charge is 0.416 e. The van der Waals surface area contributed by atoms with Crippen LogP contribution in [0.15, 0.2) is 102 Å². The summed E-state index contributed by atoms with van der Waals surface area (Å²) in [5, 5.41) is 0.291. The molecule has 5 aromatic rings. The first-order chi connectivity index (χ1) is 28.7. The second-order valence-corrected chi connectivity index (χ2v) is 15.8. The van der Waals surface area contributed by atoms with E-state index in [1.165, 1.54) is 35.4 Å². The number of methoxy groups -OCH3 is 1. The van der Waals surface area contributed by atoms with Gasteiger partial charge in [-0.25, -0.2) is 0 Å². The van der Waals surface area contributed by atoms with Crippen molar-refractivity contribution < 1.29 is 66.8 Å². The molecule has 0 unspecified atom stereocenters. The average Bonchev–Trinajstić information content (AvgIpc) is 3.48. The highest BCUT2D eigenvalue weighted by molar-refractivity contribution is 6.46.